The molecule has 0 amide bonds. The summed E-state index contributed by atoms with van der Waals surface area (Å²) in [5, 5.41) is 5.01. The van der Waals surface area contributed by atoms with Crippen LogP contribution < -0.4 is 0 Å². The molecule has 0 heteroatoms. The van der Waals surface area contributed by atoms with Crippen molar-refractivity contribution < 1.29 is 0 Å². The predicted molar refractivity (Wildman–Crippen MR) is 81.6 cm³/mol. The van der Waals surface area contributed by atoms with Crippen LogP contribution in [0.5, 0.6) is 0 Å². The quantitative estimate of drug-likeness (QED) is 0.525. The van der Waals surface area contributed by atoms with E-state index in [9.17, 15) is 0 Å². The molecule has 0 aliphatic rings. The molecule has 0 unspecified atom stereocenters. The lowest BCUT2D eigenvalue weighted by molar-refractivity contribution is 1.69. The fourth-order valence-corrected chi connectivity index (χ4v) is 2.39. The first-order chi connectivity index (χ1) is 8.81. The summed E-state index contributed by atoms with van der Waals surface area (Å²) >= 11 is 0. The van der Waals surface area contributed by atoms with Gasteiger partial charge >= 0.3 is 0 Å². The highest BCUT2D eigenvalue weighted by atomic mass is 14.1. The van der Waals surface area contributed by atoms with Gasteiger partial charge in [-0.2, -0.15) is 0 Å². The second kappa shape index (κ2) is 4.15. The molecule has 0 heterocycles. The molecule has 3 aromatic carbocycles. The molecular weight excluding hydrogens is 216 g/mol. The summed E-state index contributed by atoms with van der Waals surface area (Å²) in [6.07, 6.45) is 3.78. The Morgan fingerprint density at radius 2 is 1.44 bits per heavy atom. The van der Waals surface area contributed by atoms with Crippen LogP contribution in [0.3, 0.4) is 0 Å². The minimum Gasteiger partial charge on any atom is -0.0985 e. The van der Waals surface area contributed by atoms with Crippen LogP contribution in [-0.4, -0.2) is 0 Å². The molecule has 0 spiro atoms. The monoisotopic (exact) mass is 230 g/mol. The molecule has 0 fully saturated rings. The molecule has 0 N–H and O–H groups in total. The first-order valence-electron chi connectivity index (χ1n) is 6.03. The molecular formula is C18H14. The largest absolute Gasteiger partial charge is 0.0985 e. The molecule has 0 atom stereocenters. The van der Waals surface area contributed by atoms with Gasteiger partial charge in [0.15, 0.2) is 0 Å². The van der Waals surface area contributed by atoms with Crippen LogP contribution in [-0.2, 0) is 0 Å². The molecule has 86 valence electrons. The number of rotatable bonds is 2. The second-order valence-electron chi connectivity index (χ2n) is 4.44. The summed E-state index contributed by atoms with van der Waals surface area (Å²) in [4.78, 5) is 0. The van der Waals surface area contributed by atoms with E-state index in [1.807, 2.05) is 12.2 Å². The number of benzene rings is 3. The van der Waals surface area contributed by atoms with Gasteiger partial charge in [0.05, 0.1) is 0 Å². The van der Waals surface area contributed by atoms with E-state index < -0.39 is 0 Å². The van der Waals surface area contributed by atoms with E-state index in [1.54, 1.807) is 0 Å². The Kier molecular flexibility index (Phi) is 2.49. The zero-order chi connectivity index (χ0) is 12.5. The molecule has 3 rings (SSSR count). The first kappa shape index (κ1) is 10.8. The maximum Gasteiger partial charge on any atom is -0.0105 e. The van der Waals surface area contributed by atoms with E-state index in [0.717, 1.165) is 11.1 Å². The summed E-state index contributed by atoms with van der Waals surface area (Å²) in [6, 6.07) is 17.2. The van der Waals surface area contributed by atoms with E-state index in [1.165, 1.54) is 21.5 Å². The minimum atomic E-state index is 1.13. The van der Waals surface area contributed by atoms with Crippen molar-refractivity contribution in [3.05, 3.63) is 72.8 Å². The Morgan fingerprint density at radius 3 is 2.11 bits per heavy atom. The van der Waals surface area contributed by atoms with Gasteiger partial charge in [-0.25, -0.2) is 0 Å². The summed E-state index contributed by atoms with van der Waals surface area (Å²) in [5.41, 5.74) is 2.29. The molecule has 18 heavy (non-hydrogen) atoms. The van der Waals surface area contributed by atoms with Gasteiger partial charge in [-0.1, -0.05) is 49.6 Å². The fourth-order valence-electron chi connectivity index (χ4n) is 2.39. The third-order valence-corrected chi connectivity index (χ3v) is 3.33. The summed E-state index contributed by atoms with van der Waals surface area (Å²) in [5.74, 6) is 0. The maximum atomic E-state index is 3.90. The van der Waals surface area contributed by atoms with Crippen LogP contribution in [0.25, 0.3) is 33.7 Å². The molecule has 0 bridgehead atoms. The molecule has 3 aromatic rings. The molecule has 0 nitrogen and oxygen atoms in total. The fraction of sp³-hybridized carbons (Fsp3) is 0. The van der Waals surface area contributed by atoms with E-state index in [0.29, 0.717) is 0 Å². The zero-order valence-corrected chi connectivity index (χ0v) is 10.2. The van der Waals surface area contributed by atoms with Gasteiger partial charge in [-0.3, -0.25) is 0 Å². The van der Waals surface area contributed by atoms with Crippen molar-refractivity contribution in [2.45, 2.75) is 0 Å². The van der Waals surface area contributed by atoms with Gasteiger partial charge in [0.25, 0.3) is 0 Å². The van der Waals surface area contributed by atoms with Crippen molar-refractivity contribution in [3.8, 4) is 0 Å². The Bertz CT molecular complexity index is 763. The van der Waals surface area contributed by atoms with Crippen LogP contribution in [0.1, 0.15) is 11.1 Å². The lowest BCUT2D eigenvalue weighted by Gasteiger charge is -2.07. The van der Waals surface area contributed by atoms with Crippen molar-refractivity contribution >= 4 is 33.7 Å². The number of hydrogen-bond acceptors (Lipinski definition) is 0. The summed E-state index contributed by atoms with van der Waals surface area (Å²) in [6.45, 7) is 7.74. The maximum absolute atomic E-state index is 3.90. The highest BCUT2D eigenvalue weighted by molar-refractivity contribution is 6.02. The van der Waals surface area contributed by atoms with Crippen molar-refractivity contribution in [1.29, 1.82) is 0 Å². The van der Waals surface area contributed by atoms with Crippen LogP contribution in [0, 0.1) is 0 Å². The van der Waals surface area contributed by atoms with Crippen LogP contribution in [0.4, 0.5) is 0 Å². The van der Waals surface area contributed by atoms with Crippen LogP contribution in [0.15, 0.2) is 61.7 Å². The Labute approximate surface area is 107 Å². The van der Waals surface area contributed by atoms with Crippen LogP contribution in [0.2, 0.25) is 0 Å². The Hall–Kier alpha value is -2.34. The van der Waals surface area contributed by atoms with E-state index in [4.69, 9.17) is 0 Å². The highest BCUT2D eigenvalue weighted by Gasteiger charge is 2.02. The van der Waals surface area contributed by atoms with Gasteiger partial charge in [-0.15, -0.1) is 0 Å². The molecule has 0 saturated heterocycles. The highest BCUT2D eigenvalue weighted by Crippen LogP contribution is 2.27. The first-order valence-corrected chi connectivity index (χ1v) is 6.03. The van der Waals surface area contributed by atoms with Gasteiger partial charge < -0.3 is 0 Å². The van der Waals surface area contributed by atoms with Gasteiger partial charge in [0.2, 0.25) is 0 Å². The van der Waals surface area contributed by atoms with Crippen molar-refractivity contribution in [1.82, 2.24) is 0 Å². The molecule has 0 aliphatic heterocycles. The van der Waals surface area contributed by atoms with Gasteiger partial charge in [-0.05, 0) is 56.9 Å². The third-order valence-electron chi connectivity index (χ3n) is 3.33. The molecule has 0 aromatic heterocycles. The summed E-state index contributed by atoms with van der Waals surface area (Å²) in [7, 11) is 0. The van der Waals surface area contributed by atoms with Gasteiger partial charge in [0.1, 0.15) is 0 Å². The summed E-state index contributed by atoms with van der Waals surface area (Å²) < 4.78 is 0. The SMILES string of the molecule is C=Cc1cc(C=C)c2cc3ccccc3cc2c1. The molecule has 0 radical (unpaired) electrons. The van der Waals surface area contributed by atoms with Crippen molar-refractivity contribution in [2.75, 3.05) is 0 Å². The van der Waals surface area contributed by atoms with Gasteiger partial charge in [0, 0.05) is 0 Å². The van der Waals surface area contributed by atoms with E-state index in [-0.39, 0.29) is 0 Å². The second-order valence-corrected chi connectivity index (χ2v) is 4.44. The zero-order valence-electron chi connectivity index (χ0n) is 10.2. The Balaban J connectivity index is 2.48. The lowest BCUT2D eigenvalue weighted by Crippen LogP contribution is -1.83. The lowest BCUT2D eigenvalue weighted by atomic mass is 9.97. The minimum absolute atomic E-state index is 1.13. The smallest absolute Gasteiger partial charge is 0.0105 e. The normalized spacial score (nSPS) is 10.7. The Morgan fingerprint density at radius 1 is 0.722 bits per heavy atom. The number of hydrogen-bond donors (Lipinski definition) is 0. The molecule has 0 aliphatic carbocycles. The number of fused-ring (bicyclic) bond motifs is 2. The van der Waals surface area contributed by atoms with Crippen molar-refractivity contribution in [2.24, 2.45) is 0 Å². The van der Waals surface area contributed by atoms with E-state index >= 15 is 0 Å². The van der Waals surface area contributed by atoms with E-state index in [2.05, 4.69) is 61.7 Å². The molecule has 0 saturated carbocycles. The standard InChI is InChI=1S/C18H14/c1-3-13-9-14(4-2)18-12-16-8-6-5-7-15(16)11-17(18)10-13/h3-12H,1-2H2. The predicted octanol–water partition coefficient (Wildman–Crippen LogP) is 5.28. The topological polar surface area (TPSA) is 0 Å². The van der Waals surface area contributed by atoms with Crippen LogP contribution >= 0.6 is 0 Å². The van der Waals surface area contributed by atoms with Crippen molar-refractivity contribution in [3.63, 3.8) is 0 Å². The third kappa shape index (κ3) is 1.63. The average molecular weight is 230 g/mol. The average Bonchev–Trinajstić information content (AvgIpc) is 2.43.